The second kappa shape index (κ2) is 5.69. The van der Waals surface area contributed by atoms with Gasteiger partial charge in [-0.3, -0.25) is 0 Å². The van der Waals surface area contributed by atoms with E-state index in [1.54, 1.807) is 21.0 Å². The van der Waals surface area contributed by atoms with Crippen molar-refractivity contribution < 1.29 is 14.6 Å². The van der Waals surface area contributed by atoms with Crippen LogP contribution in [-0.4, -0.2) is 36.6 Å². The van der Waals surface area contributed by atoms with Gasteiger partial charge in [-0.25, -0.2) is 0 Å². The highest BCUT2D eigenvalue weighted by molar-refractivity contribution is 4.70. The van der Waals surface area contributed by atoms with Gasteiger partial charge in [-0.05, 0) is 40.5 Å². The van der Waals surface area contributed by atoms with Gasteiger partial charge in [-0.15, -0.1) is 0 Å². The van der Waals surface area contributed by atoms with Gasteiger partial charge in [0.25, 0.3) is 0 Å². The number of methoxy groups -OCH3 is 1. The summed E-state index contributed by atoms with van der Waals surface area (Å²) < 4.78 is 10.7. The van der Waals surface area contributed by atoms with Crippen molar-refractivity contribution in [2.75, 3.05) is 20.3 Å². The first kappa shape index (κ1) is 13.9. The van der Waals surface area contributed by atoms with E-state index < -0.39 is 5.60 Å². The minimum Gasteiger partial charge on any atom is -0.390 e. The third kappa shape index (κ3) is 8.48. The number of aliphatic hydroxyl groups is 1. The van der Waals surface area contributed by atoms with Gasteiger partial charge < -0.3 is 14.6 Å². The lowest BCUT2D eigenvalue weighted by Crippen LogP contribution is -2.29. The lowest BCUT2D eigenvalue weighted by Gasteiger charge is -2.27. The van der Waals surface area contributed by atoms with Crippen molar-refractivity contribution in [1.82, 2.24) is 0 Å². The molecule has 0 amide bonds. The molecule has 0 unspecified atom stereocenters. The maximum atomic E-state index is 9.49. The van der Waals surface area contributed by atoms with Gasteiger partial charge in [0, 0.05) is 13.7 Å². The number of ether oxygens (including phenoxy) is 2. The van der Waals surface area contributed by atoms with E-state index in [0.29, 0.717) is 19.6 Å². The fourth-order valence-corrected chi connectivity index (χ4v) is 0.997. The summed E-state index contributed by atoms with van der Waals surface area (Å²) >= 11 is 0. The van der Waals surface area contributed by atoms with Crippen LogP contribution in [0.4, 0.5) is 0 Å². The summed E-state index contributed by atoms with van der Waals surface area (Å²) in [7, 11) is 1.69. The molecule has 0 fully saturated rings. The van der Waals surface area contributed by atoms with Crippen molar-refractivity contribution in [1.29, 1.82) is 0 Å². The Bertz CT molecular complexity index is 147. The Labute approximate surface area is 87.4 Å². The summed E-state index contributed by atoms with van der Waals surface area (Å²) in [5.74, 6) is 0. The van der Waals surface area contributed by atoms with Gasteiger partial charge >= 0.3 is 0 Å². The standard InChI is InChI=1S/C11H24O3/c1-10(2,12)6-9-14-11(3,4)7-8-13-5/h12H,6-9H2,1-5H3. The molecule has 0 aliphatic heterocycles. The molecule has 1 N–H and O–H groups in total. The molecule has 0 aliphatic rings. The molecule has 0 heterocycles. The number of hydrogen-bond acceptors (Lipinski definition) is 3. The van der Waals surface area contributed by atoms with Gasteiger partial charge in [0.2, 0.25) is 0 Å². The van der Waals surface area contributed by atoms with Crippen LogP contribution in [0, 0.1) is 0 Å². The van der Waals surface area contributed by atoms with E-state index >= 15 is 0 Å². The lowest BCUT2D eigenvalue weighted by atomic mass is 10.0. The smallest absolute Gasteiger partial charge is 0.0648 e. The predicted molar refractivity (Wildman–Crippen MR) is 57.4 cm³/mol. The topological polar surface area (TPSA) is 38.7 Å². The van der Waals surface area contributed by atoms with Crippen molar-refractivity contribution >= 4 is 0 Å². The molecule has 0 atom stereocenters. The molecule has 0 radical (unpaired) electrons. The van der Waals surface area contributed by atoms with Gasteiger partial charge in [0.1, 0.15) is 0 Å². The zero-order chi connectivity index (χ0) is 11.2. The summed E-state index contributed by atoms with van der Waals surface area (Å²) in [6, 6.07) is 0. The number of rotatable bonds is 7. The Balaban J connectivity index is 3.65. The van der Waals surface area contributed by atoms with Gasteiger partial charge in [0.15, 0.2) is 0 Å². The van der Waals surface area contributed by atoms with E-state index in [-0.39, 0.29) is 5.60 Å². The largest absolute Gasteiger partial charge is 0.390 e. The second-order valence-electron chi connectivity index (χ2n) is 4.91. The maximum Gasteiger partial charge on any atom is 0.0648 e. The SMILES string of the molecule is COCCC(C)(C)OCCC(C)(C)O. The molecule has 0 spiro atoms. The summed E-state index contributed by atoms with van der Waals surface area (Å²) in [4.78, 5) is 0. The molecule has 0 aliphatic carbocycles. The molecule has 0 rings (SSSR count). The molecule has 0 bridgehead atoms. The third-order valence-corrected chi connectivity index (χ3v) is 2.11. The van der Waals surface area contributed by atoms with E-state index in [1.807, 2.05) is 13.8 Å². The van der Waals surface area contributed by atoms with Crippen molar-refractivity contribution in [3.8, 4) is 0 Å². The van der Waals surface area contributed by atoms with Gasteiger partial charge in [-0.2, -0.15) is 0 Å². The maximum absolute atomic E-state index is 9.49. The summed E-state index contributed by atoms with van der Waals surface area (Å²) in [6.07, 6.45) is 1.53. The van der Waals surface area contributed by atoms with E-state index in [2.05, 4.69) is 0 Å². The summed E-state index contributed by atoms with van der Waals surface area (Å²) in [5.41, 5.74) is -0.807. The highest BCUT2D eigenvalue weighted by Crippen LogP contribution is 2.16. The fraction of sp³-hybridized carbons (Fsp3) is 1.00. The normalized spacial score (nSPS) is 13.3. The molecule has 86 valence electrons. The zero-order valence-electron chi connectivity index (χ0n) is 10.1. The molecule has 0 saturated carbocycles. The van der Waals surface area contributed by atoms with Gasteiger partial charge in [0.05, 0.1) is 17.8 Å². The van der Waals surface area contributed by atoms with Crippen LogP contribution in [0.2, 0.25) is 0 Å². The molecule has 0 aromatic carbocycles. The van der Waals surface area contributed by atoms with Crippen LogP contribution in [0.15, 0.2) is 0 Å². The molecular weight excluding hydrogens is 180 g/mol. The van der Waals surface area contributed by atoms with E-state index in [9.17, 15) is 5.11 Å². The van der Waals surface area contributed by atoms with E-state index in [4.69, 9.17) is 9.47 Å². The van der Waals surface area contributed by atoms with E-state index in [0.717, 1.165) is 6.42 Å². The van der Waals surface area contributed by atoms with Gasteiger partial charge in [-0.1, -0.05) is 0 Å². The summed E-state index contributed by atoms with van der Waals surface area (Å²) in [5, 5.41) is 9.49. The minimum atomic E-state index is -0.642. The van der Waals surface area contributed by atoms with Crippen LogP contribution in [-0.2, 0) is 9.47 Å². The summed E-state index contributed by atoms with van der Waals surface area (Å²) in [6.45, 7) is 8.94. The van der Waals surface area contributed by atoms with Crippen LogP contribution in [0.1, 0.15) is 40.5 Å². The Hall–Kier alpha value is -0.120. The lowest BCUT2D eigenvalue weighted by molar-refractivity contribution is -0.0585. The Morgan fingerprint density at radius 2 is 1.57 bits per heavy atom. The molecule has 0 aromatic heterocycles. The van der Waals surface area contributed by atoms with Crippen LogP contribution < -0.4 is 0 Å². The molecule has 3 heteroatoms. The Kier molecular flexibility index (Phi) is 5.64. The van der Waals surface area contributed by atoms with Crippen molar-refractivity contribution in [3.05, 3.63) is 0 Å². The highest BCUT2D eigenvalue weighted by Gasteiger charge is 2.20. The van der Waals surface area contributed by atoms with E-state index in [1.165, 1.54) is 0 Å². The first-order valence-corrected chi connectivity index (χ1v) is 5.12. The van der Waals surface area contributed by atoms with Crippen molar-refractivity contribution in [3.63, 3.8) is 0 Å². The average molecular weight is 204 g/mol. The first-order chi connectivity index (χ1) is 6.27. The van der Waals surface area contributed by atoms with Crippen LogP contribution in [0.25, 0.3) is 0 Å². The quantitative estimate of drug-likeness (QED) is 0.689. The second-order valence-corrected chi connectivity index (χ2v) is 4.91. The first-order valence-electron chi connectivity index (χ1n) is 5.12. The van der Waals surface area contributed by atoms with Crippen molar-refractivity contribution in [2.45, 2.75) is 51.7 Å². The van der Waals surface area contributed by atoms with Crippen LogP contribution >= 0.6 is 0 Å². The third-order valence-electron chi connectivity index (χ3n) is 2.11. The molecule has 3 nitrogen and oxygen atoms in total. The number of hydrogen-bond donors (Lipinski definition) is 1. The average Bonchev–Trinajstić information content (AvgIpc) is 1.98. The van der Waals surface area contributed by atoms with Crippen LogP contribution in [0.5, 0.6) is 0 Å². The molecule has 0 aromatic rings. The molecule has 0 saturated heterocycles. The highest BCUT2D eigenvalue weighted by atomic mass is 16.5. The Morgan fingerprint density at radius 3 is 2.00 bits per heavy atom. The monoisotopic (exact) mass is 204 g/mol. The van der Waals surface area contributed by atoms with Crippen LogP contribution in [0.3, 0.4) is 0 Å². The minimum absolute atomic E-state index is 0.165. The zero-order valence-corrected chi connectivity index (χ0v) is 10.1. The molecule has 14 heavy (non-hydrogen) atoms. The fourth-order valence-electron chi connectivity index (χ4n) is 0.997. The Morgan fingerprint density at radius 1 is 1.00 bits per heavy atom. The predicted octanol–water partition coefficient (Wildman–Crippen LogP) is 1.98. The van der Waals surface area contributed by atoms with Crippen molar-refractivity contribution in [2.24, 2.45) is 0 Å². The molecular formula is C11H24O3.